The third-order valence-corrected chi connectivity index (χ3v) is 6.45. The van der Waals surface area contributed by atoms with Crippen LogP contribution < -0.4 is 9.62 Å². The number of ether oxygens (including phenoxy) is 1. The largest absolute Gasteiger partial charge is 0.379 e. The molecule has 31 heavy (non-hydrogen) atoms. The summed E-state index contributed by atoms with van der Waals surface area (Å²) in [4.78, 5) is 14.7. The lowest BCUT2D eigenvalue weighted by atomic mass is 10.1. The maximum absolute atomic E-state index is 12.4. The summed E-state index contributed by atoms with van der Waals surface area (Å²) in [7, 11) is -3.50. The minimum absolute atomic E-state index is 0.136. The Hall–Kier alpha value is -2.13. The molecule has 168 valence electrons. The number of benzene rings is 2. The Bertz CT molecular complexity index is 977. The van der Waals surface area contributed by atoms with Crippen molar-refractivity contribution in [3.05, 3.63) is 64.7 Å². The Morgan fingerprint density at radius 2 is 1.87 bits per heavy atom. The smallest absolute Gasteiger partial charge is 0.251 e. The van der Waals surface area contributed by atoms with Gasteiger partial charge in [0.15, 0.2) is 0 Å². The Morgan fingerprint density at radius 1 is 1.16 bits per heavy atom. The molecule has 0 unspecified atom stereocenters. The zero-order chi connectivity index (χ0) is 22.3. The van der Waals surface area contributed by atoms with Crippen molar-refractivity contribution >= 4 is 33.2 Å². The normalized spacial score (nSPS) is 14.9. The molecule has 9 heteroatoms. The van der Waals surface area contributed by atoms with Gasteiger partial charge in [-0.1, -0.05) is 29.8 Å². The zero-order valence-electron chi connectivity index (χ0n) is 17.6. The van der Waals surface area contributed by atoms with Crippen LogP contribution in [0.2, 0.25) is 5.02 Å². The fourth-order valence-electron chi connectivity index (χ4n) is 3.39. The van der Waals surface area contributed by atoms with Crippen LogP contribution in [0.25, 0.3) is 0 Å². The van der Waals surface area contributed by atoms with E-state index in [-0.39, 0.29) is 12.5 Å². The van der Waals surface area contributed by atoms with Gasteiger partial charge in [-0.3, -0.25) is 14.0 Å². The summed E-state index contributed by atoms with van der Waals surface area (Å²) in [5, 5.41) is 3.40. The van der Waals surface area contributed by atoms with Gasteiger partial charge in [-0.05, 0) is 48.9 Å². The van der Waals surface area contributed by atoms with Gasteiger partial charge >= 0.3 is 0 Å². The predicted molar refractivity (Wildman–Crippen MR) is 123 cm³/mol. The maximum Gasteiger partial charge on any atom is 0.251 e. The van der Waals surface area contributed by atoms with Crippen LogP contribution in [-0.2, 0) is 21.3 Å². The summed E-state index contributed by atoms with van der Waals surface area (Å²) in [5.41, 5.74) is 1.81. The van der Waals surface area contributed by atoms with Crippen molar-refractivity contribution in [2.75, 3.05) is 50.0 Å². The van der Waals surface area contributed by atoms with E-state index in [1.165, 1.54) is 4.31 Å². The average molecular weight is 466 g/mol. The van der Waals surface area contributed by atoms with Crippen LogP contribution in [0.15, 0.2) is 48.5 Å². The number of anilines is 1. The first-order chi connectivity index (χ1) is 14.8. The second kappa shape index (κ2) is 10.9. The molecule has 1 saturated heterocycles. The second-order valence-electron chi connectivity index (χ2n) is 7.51. The van der Waals surface area contributed by atoms with Crippen LogP contribution in [0.5, 0.6) is 0 Å². The van der Waals surface area contributed by atoms with E-state index < -0.39 is 10.0 Å². The number of carbonyl (C=O) groups excluding carboxylic acids is 1. The van der Waals surface area contributed by atoms with Gasteiger partial charge < -0.3 is 10.1 Å². The third kappa shape index (κ3) is 7.21. The molecule has 1 fully saturated rings. The van der Waals surface area contributed by atoms with Crippen LogP contribution in [0.1, 0.15) is 22.3 Å². The van der Waals surface area contributed by atoms with Crippen molar-refractivity contribution in [1.29, 1.82) is 0 Å². The molecular weight excluding hydrogens is 438 g/mol. The summed E-state index contributed by atoms with van der Waals surface area (Å²) in [6, 6.07) is 13.7. The molecule has 0 aliphatic carbocycles. The number of rotatable bonds is 9. The Labute approximate surface area is 189 Å². The number of nitrogens with zero attached hydrogens (tertiary/aromatic N) is 2. The van der Waals surface area contributed by atoms with Crippen molar-refractivity contribution in [2.45, 2.75) is 13.0 Å². The van der Waals surface area contributed by atoms with Crippen molar-refractivity contribution in [3.63, 3.8) is 0 Å². The van der Waals surface area contributed by atoms with Crippen LogP contribution in [-0.4, -0.2) is 64.9 Å². The molecule has 1 aliphatic heterocycles. The van der Waals surface area contributed by atoms with Crippen LogP contribution in [0.4, 0.5) is 5.69 Å². The average Bonchev–Trinajstić information content (AvgIpc) is 2.75. The van der Waals surface area contributed by atoms with E-state index in [0.717, 1.165) is 51.1 Å². The highest BCUT2D eigenvalue weighted by atomic mass is 35.5. The zero-order valence-corrected chi connectivity index (χ0v) is 19.2. The molecular formula is C22H28ClN3O4S. The van der Waals surface area contributed by atoms with Crippen LogP contribution in [0, 0.1) is 0 Å². The molecule has 1 N–H and O–H groups in total. The summed E-state index contributed by atoms with van der Waals surface area (Å²) in [6.45, 7) is 5.12. The first-order valence-electron chi connectivity index (χ1n) is 10.2. The van der Waals surface area contributed by atoms with Crippen molar-refractivity contribution in [2.24, 2.45) is 0 Å². The first kappa shape index (κ1) is 23.5. The van der Waals surface area contributed by atoms with E-state index in [0.29, 0.717) is 22.8 Å². The molecule has 3 rings (SSSR count). The number of carbonyl (C=O) groups is 1. The minimum Gasteiger partial charge on any atom is -0.379 e. The number of morpholine rings is 1. The van der Waals surface area contributed by atoms with Crippen molar-refractivity contribution in [3.8, 4) is 0 Å². The second-order valence-corrected chi connectivity index (χ2v) is 9.85. The lowest BCUT2D eigenvalue weighted by Crippen LogP contribution is -2.38. The molecule has 0 spiro atoms. The Kier molecular flexibility index (Phi) is 8.31. The number of sulfonamides is 1. The molecule has 1 heterocycles. The van der Waals surface area contributed by atoms with E-state index in [1.54, 1.807) is 48.5 Å². The quantitative estimate of drug-likeness (QED) is 0.576. The van der Waals surface area contributed by atoms with Gasteiger partial charge in [0, 0.05) is 30.2 Å². The highest BCUT2D eigenvalue weighted by Gasteiger charge is 2.18. The number of hydrogen-bond acceptors (Lipinski definition) is 5. The van der Waals surface area contributed by atoms with E-state index in [4.69, 9.17) is 16.3 Å². The van der Waals surface area contributed by atoms with Gasteiger partial charge in [-0.25, -0.2) is 8.42 Å². The molecule has 1 amide bonds. The summed E-state index contributed by atoms with van der Waals surface area (Å²) >= 11 is 6.02. The molecule has 0 atom stereocenters. The van der Waals surface area contributed by atoms with Gasteiger partial charge in [0.25, 0.3) is 5.91 Å². The van der Waals surface area contributed by atoms with Crippen LogP contribution in [0.3, 0.4) is 0 Å². The summed E-state index contributed by atoms with van der Waals surface area (Å²) in [6.07, 6.45) is 2.04. The van der Waals surface area contributed by atoms with E-state index in [2.05, 4.69) is 10.2 Å². The molecule has 0 saturated carbocycles. The standard InChI is InChI=1S/C22H28ClN3O4S/c1-31(28,29)26(21-5-2-4-20(23)16-21)17-18-6-8-19(9-7-18)22(27)24-10-3-11-25-12-14-30-15-13-25/h2,4-9,16H,3,10-15,17H2,1H3,(H,24,27). The minimum atomic E-state index is -3.50. The predicted octanol–water partition coefficient (Wildman–Crippen LogP) is 2.76. The Morgan fingerprint density at radius 3 is 2.52 bits per heavy atom. The number of hydrogen-bond donors (Lipinski definition) is 1. The molecule has 2 aromatic carbocycles. The molecule has 0 aromatic heterocycles. The first-order valence-corrected chi connectivity index (χ1v) is 12.5. The highest BCUT2D eigenvalue weighted by molar-refractivity contribution is 7.92. The van der Waals surface area contributed by atoms with Gasteiger partial charge in [-0.2, -0.15) is 0 Å². The SMILES string of the molecule is CS(=O)(=O)N(Cc1ccc(C(=O)NCCCN2CCOCC2)cc1)c1cccc(Cl)c1. The fraction of sp³-hybridized carbons (Fsp3) is 0.409. The topological polar surface area (TPSA) is 79.0 Å². The summed E-state index contributed by atoms with van der Waals surface area (Å²) < 4.78 is 31.2. The molecule has 0 radical (unpaired) electrons. The van der Waals surface area contributed by atoms with Crippen molar-refractivity contribution < 1.29 is 17.9 Å². The van der Waals surface area contributed by atoms with Crippen LogP contribution >= 0.6 is 11.6 Å². The lowest BCUT2D eigenvalue weighted by Gasteiger charge is -2.26. The molecule has 2 aromatic rings. The molecule has 7 nitrogen and oxygen atoms in total. The van der Waals surface area contributed by atoms with E-state index >= 15 is 0 Å². The molecule has 0 bridgehead atoms. The summed E-state index contributed by atoms with van der Waals surface area (Å²) in [5.74, 6) is -0.136. The monoisotopic (exact) mass is 465 g/mol. The van der Waals surface area contributed by atoms with E-state index in [9.17, 15) is 13.2 Å². The van der Waals surface area contributed by atoms with Gasteiger partial charge in [0.2, 0.25) is 10.0 Å². The number of nitrogens with one attached hydrogen (secondary N) is 1. The fourth-order valence-corrected chi connectivity index (χ4v) is 4.45. The van der Waals surface area contributed by atoms with E-state index in [1.807, 2.05) is 0 Å². The van der Waals surface area contributed by atoms with Crippen molar-refractivity contribution in [1.82, 2.24) is 10.2 Å². The Balaban J connectivity index is 1.55. The van der Waals surface area contributed by atoms with Gasteiger partial charge in [0.1, 0.15) is 0 Å². The maximum atomic E-state index is 12.4. The number of halogens is 1. The third-order valence-electron chi connectivity index (χ3n) is 5.08. The number of amides is 1. The van der Waals surface area contributed by atoms with Gasteiger partial charge in [0.05, 0.1) is 31.7 Å². The van der Waals surface area contributed by atoms with Gasteiger partial charge in [-0.15, -0.1) is 0 Å². The molecule has 1 aliphatic rings. The lowest BCUT2D eigenvalue weighted by molar-refractivity contribution is 0.0374. The highest BCUT2D eigenvalue weighted by Crippen LogP contribution is 2.24.